The van der Waals surface area contributed by atoms with E-state index in [4.69, 9.17) is 11.5 Å². The Hall–Kier alpha value is -1.56. The molecule has 0 aromatic carbocycles. The first kappa shape index (κ1) is 15.8. The number of nitrogens with two attached hydrogens (primary N) is 2. The number of anilines is 3. The lowest BCUT2D eigenvalue weighted by Gasteiger charge is -2.49. The topological polar surface area (TPSA) is 93.1 Å². The van der Waals surface area contributed by atoms with E-state index in [9.17, 15) is 0 Å². The van der Waals surface area contributed by atoms with Crippen LogP contribution in [0, 0.1) is 5.41 Å². The van der Waals surface area contributed by atoms with Crippen LogP contribution in [0.3, 0.4) is 0 Å². The number of nitrogens with one attached hydrogen (secondary N) is 1. The van der Waals surface area contributed by atoms with Crippen molar-refractivity contribution in [2.75, 3.05) is 36.5 Å². The smallest absolute Gasteiger partial charge is 0.223 e. The highest BCUT2D eigenvalue weighted by Crippen LogP contribution is 2.33. The lowest BCUT2D eigenvalue weighted by molar-refractivity contribution is 0.300. The molecule has 0 unspecified atom stereocenters. The molecule has 0 radical (unpaired) electrons. The van der Waals surface area contributed by atoms with Crippen LogP contribution in [0.5, 0.6) is 0 Å². The van der Waals surface area contributed by atoms with Gasteiger partial charge in [-0.05, 0) is 32.2 Å². The third-order valence-electron chi connectivity index (χ3n) is 4.14. The number of likely N-dealkylation sites (N-methyl/N-ethyl adjacent to an activating group) is 1. The van der Waals surface area contributed by atoms with E-state index in [1.807, 2.05) is 7.05 Å². The van der Waals surface area contributed by atoms with Crippen LogP contribution in [0.4, 0.5) is 17.6 Å². The van der Waals surface area contributed by atoms with Gasteiger partial charge < -0.3 is 21.7 Å². The Labute approximate surface area is 127 Å². The standard InChI is InChI=1S/C15H28N6/c1-14(2,3)7-6-10-11(16)19-13(17)20-12(10)21-8-15(4,9-21)18-5/h18H,6-9H2,1-5H3,(H4,16,17,19,20). The fourth-order valence-electron chi connectivity index (χ4n) is 2.61. The average molecular weight is 292 g/mol. The first-order valence-electron chi connectivity index (χ1n) is 7.49. The predicted octanol–water partition coefficient (Wildman–Crippen LogP) is 1.42. The highest BCUT2D eigenvalue weighted by molar-refractivity contribution is 5.61. The molecule has 0 amide bonds. The Morgan fingerprint density at radius 3 is 2.38 bits per heavy atom. The van der Waals surface area contributed by atoms with Gasteiger partial charge in [0.15, 0.2) is 0 Å². The molecule has 0 bridgehead atoms. The van der Waals surface area contributed by atoms with E-state index in [0.29, 0.717) is 5.82 Å². The zero-order valence-electron chi connectivity index (χ0n) is 13.8. The minimum Gasteiger partial charge on any atom is -0.383 e. The summed E-state index contributed by atoms with van der Waals surface area (Å²) in [7, 11) is 1.99. The summed E-state index contributed by atoms with van der Waals surface area (Å²) in [6.07, 6.45) is 1.91. The summed E-state index contributed by atoms with van der Waals surface area (Å²) < 4.78 is 0. The Morgan fingerprint density at radius 1 is 1.24 bits per heavy atom. The summed E-state index contributed by atoms with van der Waals surface area (Å²) in [6.45, 7) is 10.7. The number of aromatic nitrogens is 2. The molecule has 6 nitrogen and oxygen atoms in total. The van der Waals surface area contributed by atoms with Gasteiger partial charge in [0.05, 0.1) is 5.54 Å². The molecular formula is C15H28N6. The Kier molecular flexibility index (Phi) is 4.02. The molecule has 0 atom stereocenters. The number of hydrogen-bond acceptors (Lipinski definition) is 6. The maximum Gasteiger partial charge on any atom is 0.223 e. The van der Waals surface area contributed by atoms with E-state index in [2.05, 4.69) is 47.9 Å². The molecule has 1 fully saturated rings. The second-order valence-electron chi connectivity index (χ2n) is 7.50. The molecule has 118 valence electrons. The maximum absolute atomic E-state index is 6.09. The molecule has 0 aliphatic carbocycles. The van der Waals surface area contributed by atoms with Crippen molar-refractivity contribution >= 4 is 17.6 Å². The van der Waals surface area contributed by atoms with Crippen LogP contribution in [0.15, 0.2) is 0 Å². The molecule has 1 aromatic rings. The number of nitrogen functional groups attached to an aromatic ring is 2. The van der Waals surface area contributed by atoms with E-state index in [-0.39, 0.29) is 16.9 Å². The summed E-state index contributed by atoms with van der Waals surface area (Å²) in [6, 6.07) is 0. The van der Waals surface area contributed by atoms with Crippen LogP contribution < -0.4 is 21.7 Å². The number of nitrogens with zero attached hydrogens (tertiary/aromatic N) is 3. The van der Waals surface area contributed by atoms with Gasteiger partial charge in [0.1, 0.15) is 11.6 Å². The molecular weight excluding hydrogens is 264 g/mol. The first-order valence-corrected chi connectivity index (χ1v) is 7.49. The minimum absolute atomic E-state index is 0.135. The van der Waals surface area contributed by atoms with Gasteiger partial charge in [0.25, 0.3) is 0 Å². The van der Waals surface area contributed by atoms with Crippen molar-refractivity contribution in [3.63, 3.8) is 0 Å². The van der Waals surface area contributed by atoms with Crippen molar-refractivity contribution < 1.29 is 0 Å². The maximum atomic E-state index is 6.09. The van der Waals surface area contributed by atoms with Crippen molar-refractivity contribution in [2.45, 2.75) is 46.1 Å². The Balaban J connectivity index is 2.23. The Bertz CT molecular complexity index is 514. The van der Waals surface area contributed by atoms with Crippen molar-refractivity contribution in [1.82, 2.24) is 15.3 Å². The molecule has 1 saturated heterocycles. The summed E-state index contributed by atoms with van der Waals surface area (Å²) >= 11 is 0. The average Bonchev–Trinajstić information content (AvgIpc) is 2.31. The molecule has 6 heteroatoms. The van der Waals surface area contributed by atoms with Crippen molar-refractivity contribution in [3.8, 4) is 0 Å². The quantitative estimate of drug-likeness (QED) is 0.777. The van der Waals surface area contributed by atoms with Crippen molar-refractivity contribution in [2.24, 2.45) is 5.41 Å². The van der Waals surface area contributed by atoms with Crippen molar-refractivity contribution in [3.05, 3.63) is 5.56 Å². The van der Waals surface area contributed by atoms with Crippen LogP contribution in [0.25, 0.3) is 0 Å². The van der Waals surface area contributed by atoms with Crippen LogP contribution >= 0.6 is 0 Å². The summed E-state index contributed by atoms with van der Waals surface area (Å²) in [5, 5.41) is 3.33. The molecule has 0 spiro atoms. The highest BCUT2D eigenvalue weighted by Gasteiger charge is 2.39. The van der Waals surface area contributed by atoms with Crippen LogP contribution in [0.1, 0.15) is 39.7 Å². The van der Waals surface area contributed by atoms with E-state index in [1.165, 1.54) is 0 Å². The normalized spacial score (nSPS) is 17.7. The second kappa shape index (κ2) is 5.33. The van der Waals surface area contributed by atoms with Gasteiger partial charge in [0, 0.05) is 18.7 Å². The molecule has 2 rings (SSSR count). The van der Waals surface area contributed by atoms with E-state index < -0.39 is 0 Å². The molecule has 0 saturated carbocycles. The van der Waals surface area contributed by atoms with Crippen molar-refractivity contribution in [1.29, 1.82) is 0 Å². The molecule has 1 aliphatic rings. The van der Waals surface area contributed by atoms with Crippen LogP contribution in [0.2, 0.25) is 0 Å². The highest BCUT2D eigenvalue weighted by atomic mass is 15.3. The fourth-order valence-corrected chi connectivity index (χ4v) is 2.61. The van der Waals surface area contributed by atoms with Gasteiger partial charge in [-0.15, -0.1) is 0 Å². The molecule has 21 heavy (non-hydrogen) atoms. The second-order valence-corrected chi connectivity index (χ2v) is 7.50. The number of rotatable bonds is 4. The van der Waals surface area contributed by atoms with Gasteiger partial charge in [-0.2, -0.15) is 9.97 Å². The summed E-state index contributed by atoms with van der Waals surface area (Å²) in [5.74, 6) is 1.66. The van der Waals surface area contributed by atoms with Crippen LogP contribution in [-0.4, -0.2) is 35.6 Å². The zero-order chi connectivity index (χ0) is 15.8. The third-order valence-corrected chi connectivity index (χ3v) is 4.14. The number of hydrogen-bond donors (Lipinski definition) is 3. The predicted molar refractivity (Wildman–Crippen MR) is 88.3 cm³/mol. The lowest BCUT2D eigenvalue weighted by atomic mass is 9.87. The largest absolute Gasteiger partial charge is 0.383 e. The Morgan fingerprint density at radius 2 is 1.86 bits per heavy atom. The van der Waals surface area contributed by atoms with E-state index >= 15 is 0 Å². The van der Waals surface area contributed by atoms with Gasteiger partial charge in [-0.1, -0.05) is 20.8 Å². The van der Waals surface area contributed by atoms with Crippen LogP contribution in [-0.2, 0) is 6.42 Å². The van der Waals surface area contributed by atoms with Gasteiger partial charge >= 0.3 is 0 Å². The lowest BCUT2D eigenvalue weighted by Crippen LogP contribution is -2.67. The molecule has 2 heterocycles. The molecule has 5 N–H and O–H groups in total. The molecule has 1 aliphatic heterocycles. The zero-order valence-corrected chi connectivity index (χ0v) is 13.8. The van der Waals surface area contributed by atoms with Gasteiger partial charge in [-0.3, -0.25) is 0 Å². The summed E-state index contributed by atoms with van der Waals surface area (Å²) in [5.41, 5.74) is 13.3. The monoisotopic (exact) mass is 292 g/mol. The van der Waals surface area contributed by atoms with E-state index in [0.717, 1.165) is 37.3 Å². The van der Waals surface area contributed by atoms with E-state index in [1.54, 1.807) is 0 Å². The SMILES string of the molecule is CNC1(C)CN(c2nc(N)nc(N)c2CCC(C)(C)C)C1. The third kappa shape index (κ3) is 3.56. The van der Waals surface area contributed by atoms with Gasteiger partial charge in [-0.25, -0.2) is 0 Å². The fraction of sp³-hybridized carbons (Fsp3) is 0.733. The van der Waals surface area contributed by atoms with Gasteiger partial charge in [0.2, 0.25) is 5.95 Å². The first-order chi connectivity index (χ1) is 9.63. The molecule has 1 aromatic heterocycles. The minimum atomic E-state index is 0.135. The summed E-state index contributed by atoms with van der Waals surface area (Å²) in [4.78, 5) is 10.8.